The highest BCUT2D eigenvalue weighted by Gasteiger charge is 2.04. The maximum atomic E-state index is 5.95. The van der Waals surface area contributed by atoms with Crippen molar-refractivity contribution < 1.29 is 4.74 Å². The van der Waals surface area contributed by atoms with Gasteiger partial charge in [0.05, 0.1) is 28.1 Å². The molecule has 2 aromatic rings. The largest absolute Gasteiger partial charge is 0.360 e. The third-order valence-corrected chi connectivity index (χ3v) is 3.44. The van der Waals surface area contributed by atoms with Gasteiger partial charge in [-0.25, -0.2) is 4.68 Å². The van der Waals surface area contributed by atoms with Crippen molar-refractivity contribution in [1.29, 1.82) is 0 Å². The minimum absolute atomic E-state index is 0.408. The predicted octanol–water partition coefficient (Wildman–Crippen LogP) is 3.99. The maximum Gasteiger partial charge on any atom is 0.175 e. The molecule has 21 heavy (non-hydrogen) atoms. The third-order valence-electron chi connectivity index (χ3n) is 2.50. The Hall–Kier alpha value is -1.34. The molecule has 1 aromatic heterocycles. The number of nitrogens with zero attached hydrogens (tertiary/aromatic N) is 2. The molecule has 1 aromatic carbocycles. The molecule has 8 heteroatoms. The highest BCUT2D eigenvalue weighted by Crippen LogP contribution is 2.25. The Balaban J connectivity index is 1.91. The molecule has 0 atom stereocenters. The van der Waals surface area contributed by atoms with Gasteiger partial charge in [0.15, 0.2) is 5.11 Å². The summed E-state index contributed by atoms with van der Waals surface area (Å²) in [4.78, 5) is 0. The van der Waals surface area contributed by atoms with E-state index in [0.717, 1.165) is 11.4 Å². The molecule has 0 aliphatic carbocycles. The molecule has 5 nitrogen and oxygen atoms in total. The first-order valence-electron chi connectivity index (χ1n) is 6.21. The molecule has 0 aliphatic rings. The van der Waals surface area contributed by atoms with Crippen molar-refractivity contribution >= 4 is 51.9 Å². The number of aromatic nitrogens is 2. The van der Waals surface area contributed by atoms with Gasteiger partial charge in [0.2, 0.25) is 0 Å². The van der Waals surface area contributed by atoms with Crippen LogP contribution in [0.1, 0.15) is 6.92 Å². The highest BCUT2D eigenvalue weighted by molar-refractivity contribution is 7.80. The van der Waals surface area contributed by atoms with Crippen LogP contribution in [0.2, 0.25) is 10.0 Å². The predicted molar refractivity (Wildman–Crippen MR) is 90.2 cm³/mol. The van der Waals surface area contributed by atoms with E-state index in [4.69, 9.17) is 40.2 Å². The van der Waals surface area contributed by atoms with Crippen LogP contribution < -0.4 is 10.6 Å². The minimum atomic E-state index is 0.408. The van der Waals surface area contributed by atoms with Gasteiger partial charge in [0, 0.05) is 12.3 Å². The van der Waals surface area contributed by atoms with Crippen molar-refractivity contribution in [1.82, 2.24) is 9.78 Å². The first-order valence-corrected chi connectivity index (χ1v) is 7.38. The zero-order chi connectivity index (χ0) is 15.2. The molecule has 0 amide bonds. The average Bonchev–Trinajstić information content (AvgIpc) is 2.88. The van der Waals surface area contributed by atoms with Crippen molar-refractivity contribution in [3.63, 3.8) is 0 Å². The third kappa shape index (κ3) is 4.86. The number of hydrogen-bond acceptors (Lipinski definition) is 3. The fourth-order valence-corrected chi connectivity index (χ4v) is 2.08. The number of hydrogen-bond donors (Lipinski definition) is 2. The summed E-state index contributed by atoms with van der Waals surface area (Å²) in [5.74, 6) is 0. The van der Waals surface area contributed by atoms with Crippen LogP contribution in [0.15, 0.2) is 30.6 Å². The van der Waals surface area contributed by atoms with Gasteiger partial charge in [-0.2, -0.15) is 5.10 Å². The Morgan fingerprint density at radius 3 is 2.76 bits per heavy atom. The molecule has 2 N–H and O–H groups in total. The topological polar surface area (TPSA) is 51.1 Å². The quantitative estimate of drug-likeness (QED) is 0.803. The number of benzene rings is 1. The Bertz CT molecular complexity index is 632. The molecule has 1 heterocycles. The van der Waals surface area contributed by atoms with Crippen LogP contribution in [-0.4, -0.2) is 21.5 Å². The van der Waals surface area contributed by atoms with Crippen molar-refractivity contribution in [2.24, 2.45) is 0 Å². The molecule has 112 valence electrons. The molecular weight excluding hydrogens is 331 g/mol. The summed E-state index contributed by atoms with van der Waals surface area (Å²) in [5.41, 5.74) is 1.52. The van der Waals surface area contributed by atoms with Crippen LogP contribution in [0.3, 0.4) is 0 Å². The van der Waals surface area contributed by atoms with Gasteiger partial charge < -0.3 is 15.4 Å². The fraction of sp³-hybridized carbons (Fsp3) is 0.231. The van der Waals surface area contributed by atoms with Crippen LogP contribution in [-0.2, 0) is 11.5 Å². The number of ether oxygens (including phenoxy) is 1. The summed E-state index contributed by atoms with van der Waals surface area (Å²) in [6, 6.07) is 5.20. The van der Waals surface area contributed by atoms with Crippen LogP contribution >= 0.6 is 35.4 Å². The molecule has 0 aliphatic heterocycles. The second-order valence-corrected chi connectivity index (χ2v) is 5.32. The Morgan fingerprint density at radius 2 is 2.05 bits per heavy atom. The van der Waals surface area contributed by atoms with Gasteiger partial charge in [0.25, 0.3) is 0 Å². The molecule has 0 unspecified atom stereocenters. The number of anilines is 2. The number of thiocarbonyl (C=S) groups is 1. The lowest BCUT2D eigenvalue weighted by Crippen LogP contribution is -2.18. The summed E-state index contributed by atoms with van der Waals surface area (Å²) in [6.45, 7) is 2.98. The standard InChI is InChI=1S/C13H14Cl2N4OS/c1-2-20-8-19-7-10(6-16-19)18-13(21)17-9-3-4-11(14)12(15)5-9/h3-7H,2,8H2,1H3,(H2,17,18,21). The summed E-state index contributed by atoms with van der Waals surface area (Å²) in [7, 11) is 0. The Labute approximate surface area is 138 Å². The van der Waals surface area contributed by atoms with Gasteiger partial charge in [0.1, 0.15) is 6.73 Å². The van der Waals surface area contributed by atoms with Gasteiger partial charge in [-0.05, 0) is 37.3 Å². The van der Waals surface area contributed by atoms with E-state index >= 15 is 0 Å². The lowest BCUT2D eigenvalue weighted by Gasteiger charge is -2.09. The van der Waals surface area contributed by atoms with E-state index in [-0.39, 0.29) is 0 Å². The van der Waals surface area contributed by atoms with Crippen molar-refractivity contribution in [2.45, 2.75) is 13.7 Å². The second kappa shape index (κ2) is 7.61. The first kappa shape index (κ1) is 16.0. The van der Waals surface area contributed by atoms with E-state index in [2.05, 4.69) is 15.7 Å². The SMILES string of the molecule is CCOCn1cc(NC(=S)Nc2ccc(Cl)c(Cl)c2)cn1. The zero-order valence-electron chi connectivity index (χ0n) is 11.3. The van der Waals surface area contributed by atoms with Crippen LogP contribution in [0.25, 0.3) is 0 Å². The van der Waals surface area contributed by atoms with E-state index in [1.165, 1.54) is 0 Å². The van der Waals surface area contributed by atoms with E-state index in [0.29, 0.717) is 28.5 Å². The number of rotatable bonds is 5. The van der Waals surface area contributed by atoms with Crippen LogP contribution in [0.5, 0.6) is 0 Å². The first-order chi connectivity index (χ1) is 10.1. The zero-order valence-corrected chi connectivity index (χ0v) is 13.6. The molecular formula is C13H14Cl2N4OS. The second-order valence-electron chi connectivity index (χ2n) is 4.10. The minimum Gasteiger partial charge on any atom is -0.360 e. The van der Waals surface area contributed by atoms with Gasteiger partial charge >= 0.3 is 0 Å². The molecule has 0 fully saturated rings. The van der Waals surface area contributed by atoms with E-state index in [1.54, 1.807) is 35.3 Å². The number of nitrogens with one attached hydrogen (secondary N) is 2. The van der Waals surface area contributed by atoms with E-state index in [9.17, 15) is 0 Å². The summed E-state index contributed by atoms with van der Waals surface area (Å²) >= 11 is 17.0. The monoisotopic (exact) mass is 344 g/mol. The summed E-state index contributed by atoms with van der Waals surface area (Å²) < 4.78 is 6.93. The van der Waals surface area contributed by atoms with Crippen LogP contribution in [0.4, 0.5) is 11.4 Å². The molecule has 0 saturated heterocycles. The molecule has 0 saturated carbocycles. The molecule has 0 radical (unpaired) electrons. The van der Waals surface area contributed by atoms with Crippen molar-refractivity contribution in [2.75, 3.05) is 17.2 Å². The molecule has 0 spiro atoms. The highest BCUT2D eigenvalue weighted by atomic mass is 35.5. The summed E-state index contributed by atoms with van der Waals surface area (Å²) in [6.07, 6.45) is 3.47. The Kier molecular flexibility index (Phi) is 5.81. The van der Waals surface area contributed by atoms with Gasteiger partial charge in [-0.15, -0.1) is 0 Å². The summed E-state index contributed by atoms with van der Waals surface area (Å²) in [5, 5.41) is 11.6. The molecule has 2 rings (SSSR count). The van der Waals surface area contributed by atoms with Crippen molar-refractivity contribution in [3.8, 4) is 0 Å². The lowest BCUT2D eigenvalue weighted by atomic mass is 10.3. The van der Waals surface area contributed by atoms with Crippen molar-refractivity contribution in [3.05, 3.63) is 40.6 Å². The molecule has 0 bridgehead atoms. The average molecular weight is 345 g/mol. The van der Waals surface area contributed by atoms with Gasteiger partial charge in [-0.1, -0.05) is 23.2 Å². The van der Waals surface area contributed by atoms with Crippen LogP contribution in [0, 0.1) is 0 Å². The fourth-order valence-electron chi connectivity index (χ4n) is 1.55. The smallest absolute Gasteiger partial charge is 0.175 e. The maximum absolute atomic E-state index is 5.95. The van der Waals surface area contributed by atoms with Gasteiger partial charge in [-0.3, -0.25) is 0 Å². The Morgan fingerprint density at radius 1 is 1.29 bits per heavy atom. The lowest BCUT2D eigenvalue weighted by molar-refractivity contribution is 0.0792. The normalized spacial score (nSPS) is 10.4. The number of halogens is 2. The van der Waals surface area contributed by atoms with E-state index < -0.39 is 0 Å². The van der Waals surface area contributed by atoms with E-state index in [1.807, 2.05) is 6.92 Å².